The van der Waals surface area contributed by atoms with Crippen molar-refractivity contribution in [2.75, 3.05) is 0 Å². The van der Waals surface area contributed by atoms with Gasteiger partial charge in [0.25, 0.3) is 0 Å². The van der Waals surface area contributed by atoms with E-state index in [0.717, 1.165) is 24.3 Å². The number of rotatable bonds is 2. The van der Waals surface area contributed by atoms with E-state index >= 15 is 0 Å². The summed E-state index contributed by atoms with van der Waals surface area (Å²) < 4.78 is 13.3. The van der Waals surface area contributed by atoms with Crippen molar-refractivity contribution in [1.82, 2.24) is 0 Å². The lowest BCUT2D eigenvalue weighted by molar-refractivity contribution is 0.161. The third-order valence-corrected chi connectivity index (χ3v) is 5.47. The minimum Gasteiger partial charge on any atom is -0.321 e. The summed E-state index contributed by atoms with van der Waals surface area (Å²) in [4.78, 5) is 0. The Balaban J connectivity index is 1.89. The molecule has 0 saturated heterocycles. The van der Waals surface area contributed by atoms with Gasteiger partial charge in [-0.05, 0) is 60.8 Å². The molecule has 19 heavy (non-hydrogen) atoms. The van der Waals surface area contributed by atoms with Gasteiger partial charge >= 0.3 is 0 Å². The van der Waals surface area contributed by atoms with Gasteiger partial charge in [-0.25, -0.2) is 4.39 Å². The molecule has 0 aliphatic heterocycles. The Kier molecular flexibility index (Phi) is 3.38. The Morgan fingerprint density at radius 3 is 3.00 bits per heavy atom. The molecule has 1 fully saturated rings. The Labute approximate surface area is 115 Å². The van der Waals surface area contributed by atoms with Gasteiger partial charge in [0.2, 0.25) is 0 Å². The van der Waals surface area contributed by atoms with Gasteiger partial charge < -0.3 is 5.73 Å². The first-order valence-corrected chi connectivity index (χ1v) is 7.71. The fraction of sp³-hybridized carbons (Fsp3) is 0.647. The van der Waals surface area contributed by atoms with E-state index in [1.165, 1.54) is 37.7 Å². The Morgan fingerprint density at radius 2 is 2.21 bits per heavy atom. The lowest BCUT2D eigenvalue weighted by Gasteiger charge is -2.40. The lowest BCUT2D eigenvalue weighted by atomic mass is 9.68. The van der Waals surface area contributed by atoms with Gasteiger partial charge in [0.1, 0.15) is 5.82 Å². The first kappa shape index (κ1) is 13.1. The molecule has 3 unspecified atom stereocenters. The molecule has 0 amide bonds. The normalized spacial score (nSPS) is 34.3. The van der Waals surface area contributed by atoms with E-state index in [1.807, 2.05) is 6.07 Å². The molecule has 0 radical (unpaired) electrons. The number of nitrogens with two attached hydrogens (primary N) is 1. The molecule has 0 bridgehead atoms. The fourth-order valence-electron chi connectivity index (χ4n) is 4.25. The summed E-state index contributed by atoms with van der Waals surface area (Å²) >= 11 is 0. The van der Waals surface area contributed by atoms with Gasteiger partial charge in [-0.2, -0.15) is 0 Å². The van der Waals surface area contributed by atoms with E-state index in [4.69, 9.17) is 5.73 Å². The molecular formula is C17H24FN. The van der Waals surface area contributed by atoms with Crippen LogP contribution in [-0.2, 0) is 12.0 Å². The summed E-state index contributed by atoms with van der Waals surface area (Å²) in [6.07, 6.45) is 8.36. The second kappa shape index (κ2) is 4.90. The van der Waals surface area contributed by atoms with Crippen LogP contribution in [0.3, 0.4) is 0 Å². The summed E-state index contributed by atoms with van der Waals surface area (Å²) in [7, 11) is 0. The number of aryl methyl sites for hydroxylation is 1. The van der Waals surface area contributed by atoms with Gasteiger partial charge in [0, 0.05) is 5.54 Å². The third kappa shape index (κ3) is 2.20. The number of fused-ring (bicyclic) bond motifs is 1. The molecule has 2 heteroatoms. The van der Waals surface area contributed by atoms with Gasteiger partial charge in [-0.1, -0.05) is 32.3 Å². The topological polar surface area (TPSA) is 26.0 Å². The molecule has 3 rings (SSSR count). The Morgan fingerprint density at radius 1 is 1.37 bits per heavy atom. The Bertz CT molecular complexity index is 470. The second-order valence-corrected chi connectivity index (χ2v) is 6.48. The Hall–Kier alpha value is -0.890. The first-order chi connectivity index (χ1) is 9.13. The van der Waals surface area contributed by atoms with Gasteiger partial charge in [0.15, 0.2) is 0 Å². The van der Waals surface area contributed by atoms with E-state index in [9.17, 15) is 4.39 Å². The number of benzene rings is 1. The van der Waals surface area contributed by atoms with Crippen molar-refractivity contribution in [3.63, 3.8) is 0 Å². The van der Waals surface area contributed by atoms with E-state index in [-0.39, 0.29) is 11.4 Å². The third-order valence-electron chi connectivity index (χ3n) is 5.47. The number of halogens is 1. The molecule has 2 aliphatic rings. The van der Waals surface area contributed by atoms with Crippen LogP contribution in [0.5, 0.6) is 0 Å². The molecule has 0 heterocycles. The molecule has 104 valence electrons. The summed E-state index contributed by atoms with van der Waals surface area (Å²) in [5.41, 5.74) is 8.95. The highest BCUT2D eigenvalue weighted by atomic mass is 19.1. The van der Waals surface area contributed by atoms with Crippen LogP contribution in [0.15, 0.2) is 18.2 Å². The van der Waals surface area contributed by atoms with Crippen molar-refractivity contribution in [2.24, 2.45) is 17.6 Å². The van der Waals surface area contributed by atoms with Crippen molar-refractivity contribution in [3.05, 3.63) is 35.1 Å². The van der Waals surface area contributed by atoms with Gasteiger partial charge in [-0.15, -0.1) is 0 Å². The largest absolute Gasteiger partial charge is 0.321 e. The highest BCUT2D eigenvalue weighted by Gasteiger charge is 2.43. The zero-order valence-electron chi connectivity index (χ0n) is 11.8. The lowest BCUT2D eigenvalue weighted by Crippen LogP contribution is -2.44. The van der Waals surface area contributed by atoms with Crippen LogP contribution in [0.25, 0.3) is 0 Å². The van der Waals surface area contributed by atoms with Gasteiger partial charge in [-0.3, -0.25) is 0 Å². The van der Waals surface area contributed by atoms with Crippen molar-refractivity contribution >= 4 is 0 Å². The van der Waals surface area contributed by atoms with E-state index in [1.54, 1.807) is 12.1 Å². The summed E-state index contributed by atoms with van der Waals surface area (Å²) in [6, 6.07) is 5.20. The SMILES string of the molecule is CCC1CCCC(C2(N)CCc3cc(F)ccc32)C1. The van der Waals surface area contributed by atoms with Crippen LogP contribution in [0.4, 0.5) is 4.39 Å². The van der Waals surface area contributed by atoms with Crippen molar-refractivity contribution < 1.29 is 4.39 Å². The average molecular weight is 261 g/mol. The van der Waals surface area contributed by atoms with Crippen LogP contribution in [0.1, 0.15) is 56.6 Å². The van der Waals surface area contributed by atoms with Crippen molar-refractivity contribution in [1.29, 1.82) is 0 Å². The molecule has 2 N–H and O–H groups in total. The van der Waals surface area contributed by atoms with Crippen molar-refractivity contribution in [3.8, 4) is 0 Å². The van der Waals surface area contributed by atoms with Crippen LogP contribution < -0.4 is 5.73 Å². The van der Waals surface area contributed by atoms with Crippen molar-refractivity contribution in [2.45, 2.75) is 57.4 Å². The molecule has 3 atom stereocenters. The van der Waals surface area contributed by atoms with E-state index in [0.29, 0.717) is 5.92 Å². The highest BCUT2D eigenvalue weighted by Crippen LogP contribution is 2.47. The standard InChI is InChI=1S/C17H24FN/c1-2-12-4-3-5-14(10-12)17(19)9-8-13-11-15(18)6-7-16(13)17/h6-7,11-12,14H,2-5,8-10,19H2,1H3. The molecule has 1 aromatic carbocycles. The monoisotopic (exact) mass is 261 g/mol. The zero-order chi connectivity index (χ0) is 13.5. The van der Waals surface area contributed by atoms with Crippen LogP contribution in [0, 0.1) is 17.7 Å². The van der Waals surface area contributed by atoms with E-state index in [2.05, 4.69) is 6.92 Å². The molecule has 0 spiro atoms. The predicted molar refractivity (Wildman–Crippen MR) is 76.3 cm³/mol. The predicted octanol–water partition coefficient (Wildman–Crippen LogP) is 4.14. The van der Waals surface area contributed by atoms with Gasteiger partial charge in [0.05, 0.1) is 0 Å². The number of hydrogen-bond acceptors (Lipinski definition) is 1. The molecule has 1 nitrogen and oxygen atoms in total. The maximum atomic E-state index is 13.3. The zero-order valence-corrected chi connectivity index (χ0v) is 11.8. The fourth-order valence-corrected chi connectivity index (χ4v) is 4.25. The number of hydrogen-bond donors (Lipinski definition) is 1. The minimum atomic E-state index is -0.198. The quantitative estimate of drug-likeness (QED) is 0.850. The summed E-state index contributed by atoms with van der Waals surface area (Å²) in [5.74, 6) is 1.29. The first-order valence-electron chi connectivity index (χ1n) is 7.71. The summed E-state index contributed by atoms with van der Waals surface area (Å²) in [6.45, 7) is 2.29. The van der Waals surface area contributed by atoms with Crippen LogP contribution in [-0.4, -0.2) is 0 Å². The molecular weight excluding hydrogens is 237 g/mol. The molecule has 1 saturated carbocycles. The average Bonchev–Trinajstić information content (AvgIpc) is 2.77. The minimum absolute atomic E-state index is 0.127. The van der Waals surface area contributed by atoms with E-state index < -0.39 is 0 Å². The van der Waals surface area contributed by atoms with Crippen LogP contribution >= 0.6 is 0 Å². The smallest absolute Gasteiger partial charge is 0.123 e. The maximum Gasteiger partial charge on any atom is 0.123 e. The molecule has 2 aliphatic carbocycles. The molecule has 0 aromatic heterocycles. The summed E-state index contributed by atoms with van der Waals surface area (Å²) in [5, 5.41) is 0. The highest BCUT2D eigenvalue weighted by molar-refractivity contribution is 5.39. The maximum absolute atomic E-state index is 13.3. The second-order valence-electron chi connectivity index (χ2n) is 6.48. The molecule has 1 aromatic rings. The van der Waals surface area contributed by atoms with Crippen LogP contribution in [0.2, 0.25) is 0 Å².